The smallest absolute Gasteiger partial charge is 0.244 e. The second-order valence-electron chi connectivity index (χ2n) is 4.97. The summed E-state index contributed by atoms with van der Waals surface area (Å²) in [6.45, 7) is 8.12. The summed E-state index contributed by atoms with van der Waals surface area (Å²) in [6, 6.07) is 1.94. The van der Waals surface area contributed by atoms with Crippen molar-refractivity contribution in [2.75, 3.05) is 19.6 Å². The van der Waals surface area contributed by atoms with Crippen LogP contribution >= 0.6 is 11.3 Å². The maximum absolute atomic E-state index is 12.8. The van der Waals surface area contributed by atoms with Crippen LogP contribution in [-0.2, 0) is 10.0 Å². The molecule has 2 heterocycles. The van der Waals surface area contributed by atoms with Gasteiger partial charge in [-0.2, -0.15) is 4.31 Å². The Labute approximate surface area is 119 Å². The van der Waals surface area contributed by atoms with Crippen molar-refractivity contribution in [3.8, 4) is 0 Å². The molecule has 2 rings (SSSR count). The molecule has 0 amide bonds. The van der Waals surface area contributed by atoms with Crippen molar-refractivity contribution in [1.29, 1.82) is 0 Å². The van der Waals surface area contributed by atoms with Gasteiger partial charge in [-0.05, 0) is 45.8 Å². The summed E-state index contributed by atoms with van der Waals surface area (Å²) < 4.78 is 27.3. The first kappa shape index (κ1) is 15.0. The third-order valence-electron chi connectivity index (χ3n) is 3.61. The molecule has 4 nitrogen and oxygen atoms in total. The van der Waals surface area contributed by atoms with Crippen LogP contribution in [0.1, 0.15) is 29.5 Å². The van der Waals surface area contributed by atoms with E-state index in [4.69, 9.17) is 0 Å². The number of piperidine rings is 1. The molecular formula is C13H22N2O2S2. The Balaban J connectivity index is 2.32. The van der Waals surface area contributed by atoms with E-state index in [1.165, 1.54) is 0 Å². The summed E-state index contributed by atoms with van der Waals surface area (Å²) >= 11 is 1.55. The molecule has 108 valence electrons. The van der Waals surface area contributed by atoms with Gasteiger partial charge < -0.3 is 5.32 Å². The normalized spacial score (nSPS) is 18.1. The molecule has 6 heteroatoms. The number of aryl methyl sites for hydroxylation is 2. The lowest BCUT2D eigenvalue weighted by Crippen LogP contribution is -2.45. The van der Waals surface area contributed by atoms with E-state index in [-0.39, 0.29) is 6.04 Å². The average molecular weight is 302 g/mol. The minimum atomic E-state index is -3.34. The van der Waals surface area contributed by atoms with E-state index in [0.29, 0.717) is 11.4 Å². The van der Waals surface area contributed by atoms with Gasteiger partial charge in [-0.3, -0.25) is 0 Å². The number of rotatable bonds is 4. The zero-order chi connectivity index (χ0) is 14.0. The third-order valence-corrected chi connectivity index (χ3v) is 6.86. The van der Waals surface area contributed by atoms with Crippen molar-refractivity contribution in [2.24, 2.45) is 0 Å². The lowest BCUT2D eigenvalue weighted by molar-refractivity contribution is 0.270. The zero-order valence-electron chi connectivity index (χ0n) is 11.8. The first-order chi connectivity index (χ1) is 8.96. The predicted molar refractivity (Wildman–Crippen MR) is 79.3 cm³/mol. The van der Waals surface area contributed by atoms with Crippen LogP contribution in [0.3, 0.4) is 0 Å². The SMILES string of the molecule is CCN(C1CCNCC1)S(=O)(=O)c1cc(C)sc1C. The standard InChI is InChI=1S/C13H22N2O2S2/c1-4-15(12-5-7-14-8-6-12)19(16,17)13-9-10(2)18-11(13)3/h9,12,14H,4-8H2,1-3H3. The Morgan fingerprint density at radius 3 is 2.47 bits per heavy atom. The van der Waals surface area contributed by atoms with Gasteiger partial charge in [0, 0.05) is 22.3 Å². The molecule has 0 bridgehead atoms. The van der Waals surface area contributed by atoms with Gasteiger partial charge in [-0.15, -0.1) is 11.3 Å². The van der Waals surface area contributed by atoms with Crippen molar-refractivity contribution in [2.45, 2.75) is 44.6 Å². The van der Waals surface area contributed by atoms with Crippen LogP contribution < -0.4 is 5.32 Å². The van der Waals surface area contributed by atoms with E-state index in [0.717, 1.165) is 35.7 Å². The first-order valence-corrected chi connectivity index (χ1v) is 9.02. The molecule has 1 aliphatic rings. The van der Waals surface area contributed by atoms with Gasteiger partial charge in [0.15, 0.2) is 0 Å². The summed E-state index contributed by atoms with van der Waals surface area (Å²) in [5.74, 6) is 0. The molecule has 0 spiro atoms. The van der Waals surface area contributed by atoms with Gasteiger partial charge in [0.25, 0.3) is 0 Å². The molecule has 1 aromatic rings. The van der Waals surface area contributed by atoms with Crippen LogP contribution in [0.4, 0.5) is 0 Å². The fraction of sp³-hybridized carbons (Fsp3) is 0.692. The second-order valence-corrected chi connectivity index (χ2v) is 8.29. The molecule has 0 saturated carbocycles. The van der Waals surface area contributed by atoms with Crippen LogP contribution in [0.2, 0.25) is 0 Å². The van der Waals surface area contributed by atoms with Gasteiger partial charge in [-0.25, -0.2) is 8.42 Å². The fourth-order valence-electron chi connectivity index (χ4n) is 2.71. The quantitative estimate of drug-likeness (QED) is 0.927. The van der Waals surface area contributed by atoms with E-state index in [1.54, 1.807) is 21.7 Å². The monoisotopic (exact) mass is 302 g/mol. The zero-order valence-corrected chi connectivity index (χ0v) is 13.4. The second kappa shape index (κ2) is 5.91. The van der Waals surface area contributed by atoms with Crippen molar-refractivity contribution in [3.63, 3.8) is 0 Å². The van der Waals surface area contributed by atoms with Gasteiger partial charge >= 0.3 is 0 Å². The van der Waals surface area contributed by atoms with Crippen LogP contribution in [0.25, 0.3) is 0 Å². The molecule has 1 aromatic heterocycles. The highest BCUT2D eigenvalue weighted by molar-refractivity contribution is 7.89. The summed E-state index contributed by atoms with van der Waals surface area (Å²) in [5, 5.41) is 3.28. The van der Waals surface area contributed by atoms with Gasteiger partial charge in [0.1, 0.15) is 0 Å². The Bertz CT molecular complexity index is 531. The van der Waals surface area contributed by atoms with Crippen molar-refractivity contribution in [1.82, 2.24) is 9.62 Å². The summed E-state index contributed by atoms with van der Waals surface area (Å²) in [7, 11) is -3.34. The molecule has 0 atom stereocenters. The highest BCUT2D eigenvalue weighted by Crippen LogP contribution is 2.29. The van der Waals surface area contributed by atoms with Crippen LogP contribution in [0.5, 0.6) is 0 Å². The fourth-order valence-corrected chi connectivity index (χ4v) is 5.93. The van der Waals surface area contributed by atoms with Gasteiger partial charge in [0.05, 0.1) is 4.90 Å². The van der Waals surface area contributed by atoms with Crippen LogP contribution in [-0.4, -0.2) is 38.4 Å². The van der Waals surface area contributed by atoms with Crippen molar-refractivity contribution < 1.29 is 8.42 Å². The molecule has 0 aliphatic carbocycles. The van der Waals surface area contributed by atoms with Crippen molar-refractivity contribution >= 4 is 21.4 Å². The van der Waals surface area contributed by atoms with Gasteiger partial charge in [-0.1, -0.05) is 6.92 Å². The molecule has 1 saturated heterocycles. The lowest BCUT2D eigenvalue weighted by Gasteiger charge is -2.32. The summed E-state index contributed by atoms with van der Waals surface area (Å²) in [4.78, 5) is 2.44. The van der Waals surface area contributed by atoms with Crippen molar-refractivity contribution in [3.05, 3.63) is 15.8 Å². The molecule has 0 aromatic carbocycles. The lowest BCUT2D eigenvalue weighted by atomic mass is 10.1. The molecule has 1 fully saturated rings. The molecule has 1 aliphatic heterocycles. The van der Waals surface area contributed by atoms with Crippen LogP contribution in [0.15, 0.2) is 11.0 Å². The maximum atomic E-state index is 12.8. The Morgan fingerprint density at radius 1 is 1.37 bits per heavy atom. The third kappa shape index (κ3) is 3.02. The molecule has 1 N–H and O–H groups in total. The van der Waals surface area contributed by atoms with Crippen LogP contribution in [0, 0.1) is 13.8 Å². The number of nitrogens with one attached hydrogen (secondary N) is 1. The number of sulfonamides is 1. The minimum absolute atomic E-state index is 0.135. The van der Waals surface area contributed by atoms with E-state index in [9.17, 15) is 8.42 Å². The summed E-state index contributed by atoms with van der Waals surface area (Å²) in [5.41, 5.74) is 0. The number of hydrogen-bond donors (Lipinski definition) is 1. The average Bonchev–Trinajstić information content (AvgIpc) is 2.71. The number of hydrogen-bond acceptors (Lipinski definition) is 4. The summed E-state index contributed by atoms with van der Waals surface area (Å²) in [6.07, 6.45) is 1.80. The first-order valence-electron chi connectivity index (χ1n) is 6.76. The Hall–Kier alpha value is -0.430. The molecule has 0 unspecified atom stereocenters. The number of thiophene rings is 1. The molecular weight excluding hydrogens is 280 g/mol. The van der Waals surface area contributed by atoms with E-state index in [2.05, 4.69) is 5.32 Å². The Morgan fingerprint density at radius 2 is 2.00 bits per heavy atom. The number of nitrogens with zero attached hydrogens (tertiary/aromatic N) is 1. The largest absolute Gasteiger partial charge is 0.317 e. The highest BCUT2D eigenvalue weighted by Gasteiger charge is 2.32. The highest BCUT2D eigenvalue weighted by atomic mass is 32.2. The maximum Gasteiger partial charge on any atom is 0.244 e. The van der Waals surface area contributed by atoms with Gasteiger partial charge in [0.2, 0.25) is 10.0 Å². The Kier molecular flexibility index (Phi) is 4.66. The topological polar surface area (TPSA) is 49.4 Å². The predicted octanol–water partition coefficient (Wildman–Crippen LogP) is 2.13. The van der Waals surface area contributed by atoms with E-state index >= 15 is 0 Å². The molecule has 0 radical (unpaired) electrons. The molecule has 19 heavy (non-hydrogen) atoms. The van der Waals surface area contributed by atoms with E-state index < -0.39 is 10.0 Å². The van der Waals surface area contributed by atoms with E-state index in [1.807, 2.05) is 20.8 Å². The minimum Gasteiger partial charge on any atom is -0.317 e.